The van der Waals surface area contributed by atoms with Crippen LogP contribution in [0.4, 0.5) is 5.69 Å². The predicted molar refractivity (Wildman–Crippen MR) is 79.5 cm³/mol. The van der Waals surface area contributed by atoms with E-state index in [4.69, 9.17) is 0 Å². The maximum absolute atomic E-state index is 11.7. The van der Waals surface area contributed by atoms with Crippen LogP contribution in [0.5, 0.6) is 0 Å². The van der Waals surface area contributed by atoms with Crippen molar-refractivity contribution in [2.45, 2.75) is 26.9 Å². The van der Waals surface area contributed by atoms with Gasteiger partial charge in [0.25, 0.3) is 0 Å². The number of carbonyl (C=O) groups excluding carboxylic acids is 1. The first-order valence-electron chi connectivity index (χ1n) is 7.03. The Morgan fingerprint density at radius 1 is 1.35 bits per heavy atom. The van der Waals surface area contributed by atoms with Crippen LogP contribution in [0.1, 0.15) is 19.7 Å². The molecule has 1 aromatic carbocycles. The molecule has 2 heterocycles. The lowest BCUT2D eigenvalue weighted by atomic mass is 10.2. The Hall–Kier alpha value is -1.88. The number of hydrogen-bond donors (Lipinski definition) is 1. The maximum Gasteiger partial charge on any atom is 0.226 e. The van der Waals surface area contributed by atoms with Gasteiger partial charge in [-0.25, -0.2) is 4.98 Å². The lowest BCUT2D eigenvalue weighted by Crippen LogP contribution is -2.30. The average molecular weight is 272 g/mol. The fourth-order valence-corrected chi connectivity index (χ4v) is 2.51. The van der Waals surface area contributed by atoms with Crippen LogP contribution >= 0.6 is 0 Å². The van der Waals surface area contributed by atoms with E-state index in [2.05, 4.69) is 26.8 Å². The van der Waals surface area contributed by atoms with Gasteiger partial charge >= 0.3 is 0 Å². The Bertz CT molecular complexity index is 659. The van der Waals surface area contributed by atoms with Crippen LogP contribution in [-0.2, 0) is 17.9 Å². The monoisotopic (exact) mass is 272 g/mol. The standard InChI is InChI=1S/C15H20N4O/c1-10(2)15(20)16-11-4-5-13-12(8-11)17-14-9-18(3)6-7-19(13)14/h4-5,8,10H,6-7,9H2,1-3H3,(H,16,20). The van der Waals surface area contributed by atoms with E-state index in [1.54, 1.807) is 0 Å². The van der Waals surface area contributed by atoms with Crippen molar-refractivity contribution in [2.24, 2.45) is 5.92 Å². The van der Waals surface area contributed by atoms with Crippen molar-refractivity contribution >= 4 is 22.6 Å². The van der Waals surface area contributed by atoms with E-state index in [0.717, 1.165) is 42.2 Å². The minimum Gasteiger partial charge on any atom is -0.326 e. The molecule has 0 unspecified atom stereocenters. The van der Waals surface area contributed by atoms with Crippen molar-refractivity contribution in [2.75, 3.05) is 18.9 Å². The number of amides is 1. The number of nitrogens with one attached hydrogen (secondary N) is 1. The molecule has 1 aliphatic rings. The summed E-state index contributed by atoms with van der Waals surface area (Å²) in [4.78, 5) is 18.7. The van der Waals surface area contributed by atoms with Crippen molar-refractivity contribution in [1.82, 2.24) is 14.5 Å². The number of nitrogens with zero attached hydrogens (tertiary/aromatic N) is 3. The van der Waals surface area contributed by atoms with Gasteiger partial charge in [0.1, 0.15) is 5.82 Å². The fraction of sp³-hybridized carbons (Fsp3) is 0.467. The van der Waals surface area contributed by atoms with Gasteiger partial charge in [0.15, 0.2) is 0 Å². The molecule has 0 fully saturated rings. The first kappa shape index (κ1) is 13.1. The van der Waals surface area contributed by atoms with Gasteiger partial charge in [0.2, 0.25) is 5.91 Å². The molecule has 106 valence electrons. The quantitative estimate of drug-likeness (QED) is 0.910. The summed E-state index contributed by atoms with van der Waals surface area (Å²) in [6.45, 7) is 6.67. The Balaban J connectivity index is 1.94. The SMILES string of the molecule is CC(C)C(=O)Nc1ccc2c(c1)nc1n2CCN(C)C1. The lowest BCUT2D eigenvalue weighted by molar-refractivity contribution is -0.118. The smallest absolute Gasteiger partial charge is 0.226 e. The van der Waals surface area contributed by atoms with E-state index < -0.39 is 0 Å². The van der Waals surface area contributed by atoms with E-state index in [0.29, 0.717) is 0 Å². The highest BCUT2D eigenvalue weighted by Crippen LogP contribution is 2.23. The third-order valence-corrected chi connectivity index (χ3v) is 3.74. The second-order valence-electron chi connectivity index (χ2n) is 5.76. The molecule has 2 aromatic rings. The van der Waals surface area contributed by atoms with Crippen LogP contribution in [-0.4, -0.2) is 34.0 Å². The molecule has 0 radical (unpaired) electrons. The molecule has 20 heavy (non-hydrogen) atoms. The molecule has 0 atom stereocenters. The Morgan fingerprint density at radius 3 is 2.90 bits per heavy atom. The molecule has 0 saturated carbocycles. The summed E-state index contributed by atoms with van der Waals surface area (Å²) in [6.07, 6.45) is 0. The van der Waals surface area contributed by atoms with Gasteiger partial charge in [-0.1, -0.05) is 13.8 Å². The zero-order valence-electron chi connectivity index (χ0n) is 12.2. The largest absolute Gasteiger partial charge is 0.326 e. The first-order chi connectivity index (χ1) is 9.54. The molecule has 1 aliphatic heterocycles. The van der Waals surface area contributed by atoms with E-state index in [-0.39, 0.29) is 11.8 Å². The van der Waals surface area contributed by atoms with Crippen molar-refractivity contribution in [3.63, 3.8) is 0 Å². The highest BCUT2D eigenvalue weighted by molar-refractivity contribution is 5.94. The molecule has 0 aliphatic carbocycles. The summed E-state index contributed by atoms with van der Waals surface area (Å²) in [7, 11) is 2.11. The second-order valence-corrected chi connectivity index (χ2v) is 5.76. The number of likely N-dealkylation sites (N-methyl/N-ethyl adjacent to an activating group) is 1. The van der Waals surface area contributed by atoms with Crippen molar-refractivity contribution in [3.8, 4) is 0 Å². The van der Waals surface area contributed by atoms with Crippen molar-refractivity contribution in [1.29, 1.82) is 0 Å². The molecule has 5 heteroatoms. The van der Waals surface area contributed by atoms with E-state index in [1.165, 1.54) is 0 Å². The van der Waals surface area contributed by atoms with Crippen molar-refractivity contribution in [3.05, 3.63) is 24.0 Å². The highest BCUT2D eigenvalue weighted by atomic mass is 16.1. The Labute approximate surface area is 118 Å². The summed E-state index contributed by atoms with van der Waals surface area (Å²) in [6, 6.07) is 5.96. The third-order valence-electron chi connectivity index (χ3n) is 3.74. The zero-order valence-corrected chi connectivity index (χ0v) is 12.2. The molecule has 5 nitrogen and oxygen atoms in total. The number of carbonyl (C=O) groups is 1. The van der Waals surface area contributed by atoms with Crippen LogP contribution in [0.15, 0.2) is 18.2 Å². The molecule has 0 spiro atoms. The topological polar surface area (TPSA) is 50.2 Å². The number of benzene rings is 1. The highest BCUT2D eigenvalue weighted by Gasteiger charge is 2.18. The van der Waals surface area contributed by atoms with Gasteiger partial charge in [0.05, 0.1) is 17.6 Å². The summed E-state index contributed by atoms with van der Waals surface area (Å²) in [5.41, 5.74) is 2.92. The van der Waals surface area contributed by atoms with Gasteiger partial charge in [-0.15, -0.1) is 0 Å². The van der Waals surface area contributed by atoms with Crippen LogP contribution in [0.2, 0.25) is 0 Å². The zero-order chi connectivity index (χ0) is 14.3. The summed E-state index contributed by atoms with van der Waals surface area (Å²) in [5, 5.41) is 2.92. The number of rotatable bonds is 2. The Morgan fingerprint density at radius 2 is 2.15 bits per heavy atom. The third kappa shape index (κ3) is 2.29. The molecular formula is C15H20N4O. The normalized spacial score (nSPS) is 15.6. The van der Waals surface area contributed by atoms with Crippen LogP contribution in [0.3, 0.4) is 0 Å². The van der Waals surface area contributed by atoms with Gasteiger partial charge in [-0.2, -0.15) is 0 Å². The number of aromatic nitrogens is 2. The summed E-state index contributed by atoms with van der Waals surface area (Å²) >= 11 is 0. The molecule has 1 amide bonds. The molecule has 0 saturated heterocycles. The number of imidazole rings is 1. The fourth-order valence-electron chi connectivity index (χ4n) is 2.51. The minimum atomic E-state index is -0.0189. The maximum atomic E-state index is 11.7. The first-order valence-corrected chi connectivity index (χ1v) is 7.03. The predicted octanol–water partition coefficient (Wildman–Crippen LogP) is 2.08. The Kier molecular flexibility index (Phi) is 3.22. The van der Waals surface area contributed by atoms with Crippen LogP contribution in [0, 0.1) is 5.92 Å². The summed E-state index contributed by atoms with van der Waals surface area (Å²) in [5.74, 6) is 1.11. The minimum absolute atomic E-state index is 0.0189. The van der Waals surface area contributed by atoms with E-state index in [9.17, 15) is 4.79 Å². The lowest BCUT2D eigenvalue weighted by Gasteiger charge is -2.23. The van der Waals surface area contributed by atoms with Gasteiger partial charge in [0, 0.05) is 24.7 Å². The number of anilines is 1. The molecule has 0 bridgehead atoms. The second kappa shape index (κ2) is 4.90. The van der Waals surface area contributed by atoms with Gasteiger partial charge in [-0.3, -0.25) is 9.69 Å². The molecule has 1 N–H and O–H groups in total. The van der Waals surface area contributed by atoms with Gasteiger partial charge in [-0.05, 0) is 25.2 Å². The van der Waals surface area contributed by atoms with E-state index >= 15 is 0 Å². The van der Waals surface area contributed by atoms with Gasteiger partial charge < -0.3 is 9.88 Å². The van der Waals surface area contributed by atoms with E-state index in [1.807, 2.05) is 32.0 Å². The summed E-state index contributed by atoms with van der Waals surface area (Å²) < 4.78 is 2.27. The number of hydrogen-bond acceptors (Lipinski definition) is 3. The number of fused-ring (bicyclic) bond motifs is 3. The van der Waals surface area contributed by atoms with Crippen LogP contribution in [0.25, 0.3) is 11.0 Å². The molecular weight excluding hydrogens is 252 g/mol. The molecule has 1 aromatic heterocycles. The molecule has 3 rings (SSSR count). The van der Waals surface area contributed by atoms with Crippen LogP contribution < -0.4 is 5.32 Å². The van der Waals surface area contributed by atoms with Crippen molar-refractivity contribution < 1.29 is 4.79 Å². The average Bonchev–Trinajstić information content (AvgIpc) is 2.74.